The van der Waals surface area contributed by atoms with E-state index in [0.717, 1.165) is 51.4 Å². The molecule has 3 rings (SSSR count). The predicted octanol–water partition coefficient (Wildman–Crippen LogP) is 1.81. The third kappa shape index (κ3) is 3.25. The Hall–Kier alpha value is -1.59. The van der Waals surface area contributed by atoms with Crippen LogP contribution in [-0.2, 0) is 4.74 Å². The lowest BCUT2D eigenvalue weighted by molar-refractivity contribution is 0.0115. The lowest BCUT2D eigenvalue weighted by Gasteiger charge is -2.40. The number of anilines is 1. The molecule has 0 unspecified atom stereocenters. The second kappa shape index (κ2) is 7.11. The molecule has 2 aliphatic rings. The van der Waals surface area contributed by atoms with Gasteiger partial charge in [-0.3, -0.25) is 9.69 Å². The van der Waals surface area contributed by atoms with E-state index in [-0.39, 0.29) is 0 Å². The fourth-order valence-electron chi connectivity index (χ4n) is 3.43. The Bertz CT molecular complexity index is 507. The van der Waals surface area contributed by atoms with Crippen LogP contribution in [-0.4, -0.2) is 63.7 Å². The van der Waals surface area contributed by atoms with Crippen LogP contribution in [0.25, 0.3) is 0 Å². The number of carbonyl (C=O) groups is 1. The van der Waals surface area contributed by atoms with Gasteiger partial charge in [-0.15, -0.1) is 0 Å². The van der Waals surface area contributed by atoms with Crippen molar-refractivity contribution in [2.24, 2.45) is 0 Å². The highest BCUT2D eigenvalue weighted by Gasteiger charge is 2.26. The molecule has 1 aromatic rings. The number of hydrogen-bond acceptors (Lipinski definition) is 5. The fraction of sp³-hybridized carbons (Fsp3) is 0.588. The van der Waals surface area contributed by atoms with E-state index < -0.39 is 0 Å². The fourth-order valence-corrected chi connectivity index (χ4v) is 3.43. The lowest BCUT2D eigenvalue weighted by Crippen LogP contribution is -2.49. The molecule has 2 aliphatic heterocycles. The van der Waals surface area contributed by atoms with Crippen LogP contribution in [0.4, 0.5) is 5.69 Å². The minimum atomic E-state index is 0.606. The molecule has 0 aromatic heterocycles. The third-order valence-electron chi connectivity index (χ3n) is 4.74. The average Bonchev–Trinajstić information content (AvgIpc) is 2.62. The minimum absolute atomic E-state index is 0.606. The number of nitrogens with zero attached hydrogens (tertiary/aromatic N) is 2. The van der Waals surface area contributed by atoms with E-state index in [4.69, 9.17) is 9.47 Å². The van der Waals surface area contributed by atoms with Crippen LogP contribution in [0, 0.1) is 0 Å². The molecule has 2 saturated heterocycles. The summed E-state index contributed by atoms with van der Waals surface area (Å²) in [7, 11) is 1.61. The average molecular weight is 304 g/mol. The van der Waals surface area contributed by atoms with Gasteiger partial charge in [0.2, 0.25) is 0 Å². The molecule has 0 atom stereocenters. The summed E-state index contributed by atoms with van der Waals surface area (Å²) in [5.74, 6) is 0.655. The second-order valence-corrected chi connectivity index (χ2v) is 5.91. The molecule has 5 heteroatoms. The van der Waals surface area contributed by atoms with Crippen LogP contribution in [0.3, 0.4) is 0 Å². The summed E-state index contributed by atoms with van der Waals surface area (Å²) >= 11 is 0. The van der Waals surface area contributed by atoms with Gasteiger partial charge in [0.1, 0.15) is 5.75 Å². The molecule has 0 spiro atoms. The van der Waals surface area contributed by atoms with E-state index in [1.165, 1.54) is 12.8 Å². The molecule has 0 aliphatic carbocycles. The molecule has 2 fully saturated rings. The van der Waals surface area contributed by atoms with Crippen LogP contribution in [0.2, 0.25) is 0 Å². The number of morpholine rings is 1. The van der Waals surface area contributed by atoms with Gasteiger partial charge in [0.05, 0.1) is 25.9 Å². The van der Waals surface area contributed by atoms with Crippen molar-refractivity contribution in [2.45, 2.75) is 18.9 Å². The van der Waals surface area contributed by atoms with E-state index in [0.29, 0.717) is 17.4 Å². The lowest BCUT2D eigenvalue weighted by atomic mass is 10.0. The van der Waals surface area contributed by atoms with Crippen molar-refractivity contribution in [1.29, 1.82) is 0 Å². The van der Waals surface area contributed by atoms with E-state index in [9.17, 15) is 4.79 Å². The zero-order chi connectivity index (χ0) is 15.4. The molecule has 0 N–H and O–H groups in total. The zero-order valence-electron chi connectivity index (χ0n) is 13.2. The minimum Gasteiger partial charge on any atom is -0.496 e. The van der Waals surface area contributed by atoms with Crippen molar-refractivity contribution in [3.8, 4) is 5.75 Å². The topological polar surface area (TPSA) is 42.0 Å². The number of piperidine rings is 1. The molecule has 0 amide bonds. The Morgan fingerprint density at radius 2 is 1.91 bits per heavy atom. The third-order valence-corrected chi connectivity index (χ3v) is 4.74. The largest absolute Gasteiger partial charge is 0.496 e. The number of ether oxygens (including phenoxy) is 2. The number of benzene rings is 1. The summed E-state index contributed by atoms with van der Waals surface area (Å²) < 4.78 is 10.7. The van der Waals surface area contributed by atoms with Gasteiger partial charge >= 0.3 is 0 Å². The first-order valence-corrected chi connectivity index (χ1v) is 8.02. The van der Waals surface area contributed by atoms with E-state index in [2.05, 4.69) is 9.80 Å². The number of aldehydes is 1. The Labute approximate surface area is 131 Å². The van der Waals surface area contributed by atoms with Crippen molar-refractivity contribution >= 4 is 12.0 Å². The summed E-state index contributed by atoms with van der Waals surface area (Å²) in [4.78, 5) is 15.9. The zero-order valence-corrected chi connectivity index (χ0v) is 13.2. The maximum absolute atomic E-state index is 11.0. The molecule has 0 bridgehead atoms. The second-order valence-electron chi connectivity index (χ2n) is 5.91. The van der Waals surface area contributed by atoms with Gasteiger partial charge in [0.25, 0.3) is 0 Å². The smallest absolute Gasteiger partial charge is 0.153 e. The molecular formula is C17H24N2O3. The van der Waals surface area contributed by atoms with Crippen LogP contribution in [0.5, 0.6) is 5.75 Å². The van der Waals surface area contributed by atoms with Crippen molar-refractivity contribution in [3.05, 3.63) is 23.8 Å². The van der Waals surface area contributed by atoms with Crippen molar-refractivity contribution in [2.75, 3.05) is 51.4 Å². The molecule has 0 radical (unpaired) electrons. The van der Waals surface area contributed by atoms with Crippen molar-refractivity contribution in [1.82, 2.24) is 4.90 Å². The highest BCUT2D eigenvalue weighted by molar-refractivity contribution is 5.80. The molecule has 2 heterocycles. The van der Waals surface area contributed by atoms with Gasteiger partial charge in [-0.1, -0.05) is 0 Å². The van der Waals surface area contributed by atoms with Gasteiger partial charge in [-0.05, 0) is 25.0 Å². The van der Waals surface area contributed by atoms with E-state index in [1.807, 2.05) is 18.2 Å². The monoisotopic (exact) mass is 304 g/mol. The standard InChI is InChI=1S/C17H24N2O3/c1-21-17-12-16(3-2-14(17)13-20)18-6-4-15(5-7-18)19-8-10-22-11-9-19/h2-3,12-13,15H,4-11H2,1H3. The predicted molar refractivity (Wildman–Crippen MR) is 86.0 cm³/mol. The molecule has 22 heavy (non-hydrogen) atoms. The summed E-state index contributed by atoms with van der Waals surface area (Å²) in [6.07, 6.45) is 3.20. The molecule has 0 saturated carbocycles. The summed E-state index contributed by atoms with van der Waals surface area (Å²) in [6, 6.07) is 6.51. The first-order chi connectivity index (χ1) is 10.8. The molecule has 5 nitrogen and oxygen atoms in total. The quantitative estimate of drug-likeness (QED) is 0.794. The maximum atomic E-state index is 11.0. The van der Waals surface area contributed by atoms with Gasteiger partial charge in [0.15, 0.2) is 6.29 Å². The first kappa shape index (κ1) is 15.3. The number of carbonyl (C=O) groups excluding carboxylic acids is 1. The summed E-state index contributed by atoms with van der Waals surface area (Å²) in [5.41, 5.74) is 1.75. The van der Waals surface area contributed by atoms with Gasteiger partial charge in [-0.2, -0.15) is 0 Å². The van der Waals surface area contributed by atoms with E-state index >= 15 is 0 Å². The van der Waals surface area contributed by atoms with Crippen LogP contribution in [0.1, 0.15) is 23.2 Å². The van der Waals surface area contributed by atoms with Crippen LogP contribution >= 0.6 is 0 Å². The highest BCUT2D eigenvalue weighted by Crippen LogP contribution is 2.28. The van der Waals surface area contributed by atoms with Crippen molar-refractivity contribution < 1.29 is 14.3 Å². The number of rotatable bonds is 4. The highest BCUT2D eigenvalue weighted by atomic mass is 16.5. The molecule has 120 valence electrons. The Balaban J connectivity index is 1.62. The molecular weight excluding hydrogens is 280 g/mol. The van der Waals surface area contributed by atoms with E-state index in [1.54, 1.807) is 7.11 Å². The van der Waals surface area contributed by atoms with Gasteiger partial charge in [-0.25, -0.2) is 0 Å². The summed E-state index contributed by atoms with van der Waals surface area (Å²) in [5, 5.41) is 0. The first-order valence-electron chi connectivity index (χ1n) is 8.02. The summed E-state index contributed by atoms with van der Waals surface area (Å²) in [6.45, 7) is 5.95. The van der Waals surface area contributed by atoms with Gasteiger partial charge in [0, 0.05) is 44.0 Å². The Kier molecular flexibility index (Phi) is 4.95. The Morgan fingerprint density at radius 3 is 2.55 bits per heavy atom. The molecule has 1 aromatic carbocycles. The van der Waals surface area contributed by atoms with Crippen LogP contribution in [0.15, 0.2) is 18.2 Å². The Morgan fingerprint density at radius 1 is 1.18 bits per heavy atom. The number of methoxy groups -OCH3 is 1. The SMILES string of the molecule is COc1cc(N2CCC(N3CCOCC3)CC2)ccc1C=O. The van der Waals surface area contributed by atoms with Crippen LogP contribution < -0.4 is 9.64 Å². The van der Waals surface area contributed by atoms with Gasteiger partial charge < -0.3 is 14.4 Å². The van der Waals surface area contributed by atoms with Crippen molar-refractivity contribution in [3.63, 3.8) is 0 Å². The number of hydrogen-bond donors (Lipinski definition) is 0. The normalized spacial score (nSPS) is 20.9. The maximum Gasteiger partial charge on any atom is 0.153 e.